The highest BCUT2D eigenvalue weighted by atomic mass is 127. The molecule has 1 aromatic heterocycles. The zero-order valence-corrected chi connectivity index (χ0v) is 17.2. The van der Waals surface area contributed by atoms with Gasteiger partial charge in [-0.3, -0.25) is 5.32 Å². The van der Waals surface area contributed by atoms with Crippen LogP contribution < -0.4 is 10.6 Å². The highest BCUT2D eigenvalue weighted by Gasteiger charge is 2.09. The Labute approximate surface area is 164 Å². The van der Waals surface area contributed by atoms with E-state index < -0.39 is 0 Å². The van der Waals surface area contributed by atoms with Crippen LogP contribution in [0.2, 0.25) is 0 Å². The molecule has 4 nitrogen and oxygen atoms in total. The summed E-state index contributed by atoms with van der Waals surface area (Å²) in [5.74, 6) is 0.573. The first-order chi connectivity index (χ1) is 11.0. The lowest BCUT2D eigenvalue weighted by Crippen LogP contribution is -2.36. The third-order valence-corrected chi connectivity index (χ3v) is 6.09. The minimum Gasteiger partial charge on any atom is -0.335 e. The Morgan fingerprint density at radius 3 is 2.61 bits per heavy atom. The summed E-state index contributed by atoms with van der Waals surface area (Å²) in [6.45, 7) is 2.02. The molecular weight excluding hydrogens is 516 g/mol. The molecule has 0 aliphatic carbocycles. The van der Waals surface area contributed by atoms with Gasteiger partial charge in [0.1, 0.15) is 9.52 Å². The monoisotopic (exact) mass is 535 g/mol. The molecule has 2 amide bonds. The SMILES string of the molecule is C[C@H](CCCc1ccccc1)NC(=O)Nc1ccc(I)c(I)n1. The Morgan fingerprint density at radius 2 is 1.91 bits per heavy atom. The summed E-state index contributed by atoms with van der Waals surface area (Å²) < 4.78 is 1.96. The van der Waals surface area contributed by atoms with Crippen molar-refractivity contribution in [3.8, 4) is 0 Å². The second-order valence-corrected chi connectivity index (χ2v) is 7.53. The standard InChI is InChI=1S/C17H19I2N3O/c1-12(6-5-9-13-7-3-2-4-8-13)20-17(23)22-15-11-10-14(18)16(19)21-15/h2-4,7-8,10-12H,5-6,9H2,1H3,(H2,20,21,22,23)/t12-/m1/s1. The molecule has 23 heavy (non-hydrogen) atoms. The van der Waals surface area contributed by atoms with E-state index in [1.165, 1.54) is 5.56 Å². The first kappa shape index (κ1) is 18.4. The van der Waals surface area contributed by atoms with Gasteiger partial charge in [-0.05, 0) is 89.1 Å². The molecule has 0 spiro atoms. The molecule has 0 fully saturated rings. The van der Waals surface area contributed by atoms with Crippen molar-refractivity contribution in [2.24, 2.45) is 0 Å². The second kappa shape index (κ2) is 9.41. The molecule has 2 rings (SSSR count). The number of carbonyl (C=O) groups excluding carboxylic acids is 1. The second-order valence-electron chi connectivity index (χ2n) is 5.35. The number of pyridine rings is 1. The van der Waals surface area contributed by atoms with Crippen LogP contribution in [0.25, 0.3) is 0 Å². The molecule has 0 bridgehead atoms. The highest BCUT2D eigenvalue weighted by molar-refractivity contribution is 14.1. The fraction of sp³-hybridized carbons (Fsp3) is 0.294. The number of rotatable bonds is 6. The van der Waals surface area contributed by atoms with E-state index >= 15 is 0 Å². The number of aryl methyl sites for hydroxylation is 1. The average Bonchev–Trinajstić information content (AvgIpc) is 2.52. The quantitative estimate of drug-likeness (QED) is 0.412. The van der Waals surface area contributed by atoms with Crippen LogP contribution in [0.4, 0.5) is 10.6 Å². The van der Waals surface area contributed by atoms with Crippen LogP contribution in [0.5, 0.6) is 0 Å². The number of nitrogens with one attached hydrogen (secondary N) is 2. The van der Waals surface area contributed by atoms with E-state index in [9.17, 15) is 4.79 Å². The van der Waals surface area contributed by atoms with Crippen LogP contribution in [0.15, 0.2) is 42.5 Å². The summed E-state index contributed by atoms with van der Waals surface area (Å²) >= 11 is 4.37. The molecular formula is C17H19I2N3O. The van der Waals surface area contributed by atoms with E-state index in [1.54, 1.807) is 0 Å². The van der Waals surface area contributed by atoms with Gasteiger partial charge in [0, 0.05) is 9.61 Å². The first-order valence-electron chi connectivity index (χ1n) is 7.48. The van der Waals surface area contributed by atoms with Crippen molar-refractivity contribution in [2.45, 2.75) is 32.2 Å². The third kappa shape index (κ3) is 6.62. The number of nitrogens with zero attached hydrogens (tertiary/aromatic N) is 1. The lowest BCUT2D eigenvalue weighted by molar-refractivity contribution is 0.248. The number of hydrogen-bond donors (Lipinski definition) is 2. The number of amides is 2. The van der Waals surface area contributed by atoms with Crippen molar-refractivity contribution >= 4 is 57.0 Å². The fourth-order valence-electron chi connectivity index (χ4n) is 2.19. The molecule has 0 aliphatic rings. The molecule has 1 heterocycles. The molecule has 0 unspecified atom stereocenters. The highest BCUT2D eigenvalue weighted by Crippen LogP contribution is 2.15. The van der Waals surface area contributed by atoms with Crippen molar-refractivity contribution in [2.75, 3.05) is 5.32 Å². The summed E-state index contributed by atoms with van der Waals surface area (Å²) in [6.07, 6.45) is 3.02. The van der Waals surface area contributed by atoms with E-state index in [0.29, 0.717) is 5.82 Å². The number of benzene rings is 1. The summed E-state index contributed by atoms with van der Waals surface area (Å²) in [5.41, 5.74) is 1.34. The molecule has 0 aliphatic heterocycles. The van der Waals surface area contributed by atoms with Crippen LogP contribution in [0.3, 0.4) is 0 Å². The normalized spacial score (nSPS) is 11.8. The maximum Gasteiger partial charge on any atom is 0.320 e. The predicted molar refractivity (Wildman–Crippen MR) is 111 cm³/mol. The Morgan fingerprint density at radius 1 is 1.17 bits per heavy atom. The molecule has 1 aromatic carbocycles. The maximum atomic E-state index is 12.0. The Kier molecular flexibility index (Phi) is 7.54. The minimum atomic E-state index is -0.207. The molecule has 0 saturated heterocycles. The van der Waals surface area contributed by atoms with Crippen LogP contribution in [0, 0.1) is 7.27 Å². The van der Waals surface area contributed by atoms with Gasteiger partial charge in [-0.2, -0.15) is 0 Å². The van der Waals surface area contributed by atoms with Gasteiger partial charge in [0.05, 0.1) is 0 Å². The van der Waals surface area contributed by atoms with E-state index in [-0.39, 0.29) is 12.1 Å². The number of hydrogen-bond acceptors (Lipinski definition) is 2. The zero-order chi connectivity index (χ0) is 16.7. The largest absolute Gasteiger partial charge is 0.335 e. The predicted octanol–water partition coefficient (Wildman–Crippen LogP) is 4.82. The summed E-state index contributed by atoms with van der Waals surface area (Å²) in [6, 6.07) is 14.1. The van der Waals surface area contributed by atoms with E-state index in [1.807, 2.05) is 25.1 Å². The smallest absolute Gasteiger partial charge is 0.320 e. The topological polar surface area (TPSA) is 54.0 Å². The molecule has 2 N–H and O–H groups in total. The molecule has 122 valence electrons. The van der Waals surface area contributed by atoms with Gasteiger partial charge in [-0.15, -0.1) is 0 Å². The number of anilines is 1. The number of aromatic nitrogens is 1. The Balaban J connectivity index is 1.72. The minimum absolute atomic E-state index is 0.127. The van der Waals surface area contributed by atoms with Crippen LogP contribution in [-0.2, 0) is 6.42 Å². The summed E-state index contributed by atoms with van der Waals surface area (Å²) in [4.78, 5) is 16.3. The van der Waals surface area contributed by atoms with E-state index in [0.717, 1.165) is 26.5 Å². The van der Waals surface area contributed by atoms with Gasteiger partial charge in [0.15, 0.2) is 0 Å². The number of carbonyl (C=O) groups is 1. The summed E-state index contributed by atoms with van der Waals surface area (Å²) in [5, 5.41) is 5.73. The van der Waals surface area contributed by atoms with Gasteiger partial charge in [0.2, 0.25) is 0 Å². The van der Waals surface area contributed by atoms with Crippen LogP contribution >= 0.6 is 45.2 Å². The van der Waals surface area contributed by atoms with Crippen molar-refractivity contribution < 1.29 is 4.79 Å². The number of urea groups is 1. The molecule has 2 aromatic rings. The Hall–Kier alpha value is -0.900. The Bertz CT molecular complexity index is 650. The van der Waals surface area contributed by atoms with Crippen molar-refractivity contribution in [3.05, 3.63) is 55.3 Å². The molecule has 6 heteroatoms. The fourth-order valence-corrected chi connectivity index (χ4v) is 2.93. The zero-order valence-electron chi connectivity index (χ0n) is 12.9. The first-order valence-corrected chi connectivity index (χ1v) is 9.64. The number of halogens is 2. The van der Waals surface area contributed by atoms with Gasteiger partial charge in [0.25, 0.3) is 0 Å². The van der Waals surface area contributed by atoms with Crippen LogP contribution in [0.1, 0.15) is 25.3 Å². The van der Waals surface area contributed by atoms with Gasteiger partial charge in [-0.1, -0.05) is 30.3 Å². The lowest BCUT2D eigenvalue weighted by atomic mass is 10.1. The van der Waals surface area contributed by atoms with Crippen molar-refractivity contribution in [3.63, 3.8) is 0 Å². The lowest BCUT2D eigenvalue weighted by Gasteiger charge is -2.14. The molecule has 0 saturated carbocycles. The van der Waals surface area contributed by atoms with Gasteiger partial charge < -0.3 is 5.32 Å². The van der Waals surface area contributed by atoms with Crippen molar-refractivity contribution in [1.29, 1.82) is 0 Å². The average molecular weight is 535 g/mol. The summed E-state index contributed by atoms with van der Waals surface area (Å²) in [7, 11) is 0. The van der Waals surface area contributed by atoms with Crippen LogP contribution in [-0.4, -0.2) is 17.1 Å². The molecule has 1 atom stereocenters. The third-order valence-electron chi connectivity index (χ3n) is 3.37. The van der Waals surface area contributed by atoms with Crippen molar-refractivity contribution in [1.82, 2.24) is 10.3 Å². The van der Waals surface area contributed by atoms with E-state index in [4.69, 9.17) is 0 Å². The van der Waals surface area contributed by atoms with Gasteiger partial charge in [-0.25, -0.2) is 9.78 Å². The van der Waals surface area contributed by atoms with E-state index in [2.05, 4.69) is 85.1 Å². The maximum absolute atomic E-state index is 12.0. The van der Waals surface area contributed by atoms with Gasteiger partial charge >= 0.3 is 6.03 Å². The molecule has 0 radical (unpaired) electrons.